The van der Waals surface area contributed by atoms with Gasteiger partial charge in [-0.2, -0.15) is 0 Å². The van der Waals surface area contributed by atoms with Crippen LogP contribution in [0.15, 0.2) is 188 Å². The molecule has 0 saturated heterocycles. The third-order valence-electron chi connectivity index (χ3n) is 10.3. The molecule has 0 spiro atoms. The molecule has 1 N–H and O–H groups in total. The third kappa shape index (κ3) is 5.30. The van der Waals surface area contributed by atoms with Crippen LogP contribution < -0.4 is 0 Å². The highest BCUT2D eigenvalue weighted by atomic mass is 16.3. The first kappa shape index (κ1) is 30.7. The molecular formula is C50H32N2O. The Labute approximate surface area is 307 Å². The zero-order chi connectivity index (χ0) is 35.3. The zero-order valence-electron chi connectivity index (χ0n) is 28.7. The number of nitrogens with zero attached hydrogens (tertiary/aromatic N) is 2. The normalized spacial score (nSPS) is 11.5. The van der Waals surface area contributed by atoms with Crippen molar-refractivity contribution in [3.63, 3.8) is 0 Å². The molecule has 0 aliphatic rings. The van der Waals surface area contributed by atoms with E-state index in [9.17, 15) is 5.11 Å². The maximum absolute atomic E-state index is 10.6. The zero-order valence-corrected chi connectivity index (χ0v) is 28.7. The lowest BCUT2D eigenvalue weighted by atomic mass is 9.84. The molecule has 0 fully saturated rings. The van der Waals surface area contributed by atoms with Gasteiger partial charge in [-0.15, -0.1) is 0 Å². The number of hydrogen-bond donors (Lipinski definition) is 1. The van der Waals surface area contributed by atoms with Crippen molar-refractivity contribution in [3.8, 4) is 61.6 Å². The first-order valence-electron chi connectivity index (χ1n) is 17.9. The number of phenols is 1. The van der Waals surface area contributed by atoms with Gasteiger partial charge in [0.2, 0.25) is 0 Å². The number of fused-ring (bicyclic) bond motifs is 5. The molecule has 0 atom stereocenters. The number of phenolic OH excluding ortho intramolecular Hbond substituents is 1. The molecule has 3 heteroatoms. The van der Waals surface area contributed by atoms with Gasteiger partial charge < -0.3 is 5.11 Å². The lowest BCUT2D eigenvalue weighted by molar-refractivity contribution is 0.477. The second-order valence-electron chi connectivity index (χ2n) is 13.5. The van der Waals surface area contributed by atoms with Crippen molar-refractivity contribution in [2.75, 3.05) is 0 Å². The van der Waals surface area contributed by atoms with E-state index in [0.29, 0.717) is 11.3 Å². The highest BCUT2D eigenvalue weighted by Gasteiger charge is 2.18. The van der Waals surface area contributed by atoms with Crippen LogP contribution in [0.4, 0.5) is 0 Å². The van der Waals surface area contributed by atoms with E-state index in [2.05, 4.69) is 158 Å². The predicted octanol–water partition coefficient (Wildman–Crippen LogP) is 13.1. The van der Waals surface area contributed by atoms with E-state index in [1.54, 1.807) is 6.07 Å². The number of rotatable bonds is 5. The minimum atomic E-state index is 0.207. The molecular weight excluding hydrogens is 645 g/mol. The maximum Gasteiger partial charge on any atom is 0.124 e. The maximum atomic E-state index is 10.6. The smallest absolute Gasteiger partial charge is 0.124 e. The first-order chi connectivity index (χ1) is 26.2. The molecule has 2 heterocycles. The summed E-state index contributed by atoms with van der Waals surface area (Å²) in [5.74, 6) is 0.207. The Hall–Kier alpha value is -7.10. The van der Waals surface area contributed by atoms with Crippen molar-refractivity contribution in [2.24, 2.45) is 0 Å². The lowest BCUT2D eigenvalue weighted by Gasteiger charge is -2.19. The standard InChI is InChI=1S/C50H32N2O/c53-46-21-10-9-20-42(46)45-29-26-35-23-22-34-25-28-44(51-49(34)50(35)52-45)37-16-11-17-38(30-37)48-40-19-8-7-18-39(40)47(33-14-5-2-6-15-33)43-31-36(24-27-41(43)48)32-12-3-1-4-13-32/h1-31,53H. The predicted molar refractivity (Wildman–Crippen MR) is 221 cm³/mol. The fraction of sp³-hybridized carbons (Fsp3) is 0. The number of para-hydroxylation sites is 1. The van der Waals surface area contributed by atoms with Crippen molar-refractivity contribution in [1.29, 1.82) is 0 Å². The van der Waals surface area contributed by atoms with Gasteiger partial charge in [0, 0.05) is 21.9 Å². The summed E-state index contributed by atoms with van der Waals surface area (Å²) in [7, 11) is 0. The third-order valence-corrected chi connectivity index (χ3v) is 10.3. The Morgan fingerprint density at radius 3 is 1.57 bits per heavy atom. The number of benzene rings is 8. The van der Waals surface area contributed by atoms with Crippen LogP contribution >= 0.6 is 0 Å². The van der Waals surface area contributed by atoms with Crippen LogP contribution in [0, 0.1) is 0 Å². The van der Waals surface area contributed by atoms with Crippen LogP contribution in [0.25, 0.3) is 99.2 Å². The summed E-state index contributed by atoms with van der Waals surface area (Å²) in [5, 5.41) is 17.5. The summed E-state index contributed by atoms with van der Waals surface area (Å²) in [5.41, 5.74) is 12.1. The number of aromatic hydroxyl groups is 1. The topological polar surface area (TPSA) is 46.0 Å². The molecule has 0 radical (unpaired) electrons. The molecule has 0 amide bonds. The molecule has 53 heavy (non-hydrogen) atoms. The fourth-order valence-corrected chi connectivity index (χ4v) is 7.82. The van der Waals surface area contributed by atoms with Gasteiger partial charge in [0.05, 0.1) is 22.4 Å². The summed E-state index contributed by atoms with van der Waals surface area (Å²) in [6.07, 6.45) is 0. The van der Waals surface area contributed by atoms with Crippen molar-refractivity contribution in [1.82, 2.24) is 9.97 Å². The molecule has 2 aromatic heterocycles. The second-order valence-corrected chi connectivity index (χ2v) is 13.5. The fourth-order valence-electron chi connectivity index (χ4n) is 7.82. The molecule has 248 valence electrons. The van der Waals surface area contributed by atoms with Crippen molar-refractivity contribution < 1.29 is 5.11 Å². The first-order valence-corrected chi connectivity index (χ1v) is 17.9. The van der Waals surface area contributed by atoms with Crippen LogP contribution in [0.1, 0.15) is 0 Å². The molecule has 10 aromatic rings. The summed E-state index contributed by atoms with van der Waals surface area (Å²) >= 11 is 0. The molecule has 10 rings (SSSR count). The quantitative estimate of drug-likeness (QED) is 0.146. The van der Waals surface area contributed by atoms with E-state index in [1.807, 2.05) is 24.3 Å². The van der Waals surface area contributed by atoms with Gasteiger partial charge in [-0.25, -0.2) is 9.97 Å². The number of aromatic nitrogens is 2. The minimum absolute atomic E-state index is 0.207. The SMILES string of the molecule is Oc1ccccc1-c1ccc2ccc3ccc(-c4cccc(-c5c6ccccc6c(-c6ccccc6)c6cc(-c7ccccc7)ccc56)c4)nc3c2n1. The van der Waals surface area contributed by atoms with Crippen molar-refractivity contribution in [2.45, 2.75) is 0 Å². The Kier molecular flexibility index (Phi) is 7.29. The Morgan fingerprint density at radius 2 is 0.849 bits per heavy atom. The van der Waals surface area contributed by atoms with Crippen LogP contribution in [-0.4, -0.2) is 15.1 Å². The van der Waals surface area contributed by atoms with E-state index in [4.69, 9.17) is 9.97 Å². The molecule has 0 saturated carbocycles. The van der Waals surface area contributed by atoms with E-state index in [0.717, 1.165) is 38.6 Å². The highest BCUT2D eigenvalue weighted by Crippen LogP contribution is 2.45. The average Bonchev–Trinajstić information content (AvgIpc) is 3.23. The Bertz CT molecular complexity index is 3010. The van der Waals surface area contributed by atoms with Crippen molar-refractivity contribution >= 4 is 43.4 Å². The largest absolute Gasteiger partial charge is 0.507 e. The van der Waals surface area contributed by atoms with Gasteiger partial charge in [-0.05, 0) is 91.3 Å². The number of pyridine rings is 2. The van der Waals surface area contributed by atoms with Crippen molar-refractivity contribution in [3.05, 3.63) is 188 Å². The van der Waals surface area contributed by atoms with Gasteiger partial charge in [0.25, 0.3) is 0 Å². The van der Waals surface area contributed by atoms with Gasteiger partial charge in [0.15, 0.2) is 0 Å². The Morgan fingerprint density at radius 1 is 0.321 bits per heavy atom. The summed E-state index contributed by atoms with van der Waals surface area (Å²) < 4.78 is 0. The second kappa shape index (κ2) is 12.6. The van der Waals surface area contributed by atoms with Crippen LogP contribution in [0.5, 0.6) is 5.75 Å². The Balaban J connectivity index is 1.18. The summed E-state index contributed by atoms with van der Waals surface area (Å²) in [4.78, 5) is 10.3. The lowest BCUT2D eigenvalue weighted by Crippen LogP contribution is -1.93. The van der Waals surface area contributed by atoms with E-state index < -0.39 is 0 Å². The molecule has 0 aliphatic heterocycles. The average molecular weight is 677 g/mol. The van der Waals surface area contributed by atoms with Gasteiger partial charge in [0.1, 0.15) is 5.75 Å². The highest BCUT2D eigenvalue weighted by molar-refractivity contribution is 6.22. The molecule has 8 aromatic carbocycles. The van der Waals surface area contributed by atoms with Crippen LogP contribution in [0.2, 0.25) is 0 Å². The molecule has 0 aliphatic carbocycles. The van der Waals surface area contributed by atoms with E-state index in [1.165, 1.54) is 49.4 Å². The molecule has 0 bridgehead atoms. The minimum Gasteiger partial charge on any atom is -0.507 e. The van der Waals surface area contributed by atoms with Gasteiger partial charge in [-0.3, -0.25) is 0 Å². The van der Waals surface area contributed by atoms with Crippen LogP contribution in [0.3, 0.4) is 0 Å². The van der Waals surface area contributed by atoms with E-state index in [-0.39, 0.29) is 5.75 Å². The summed E-state index contributed by atoms with van der Waals surface area (Å²) in [6, 6.07) is 65.6. The van der Waals surface area contributed by atoms with Crippen LogP contribution in [-0.2, 0) is 0 Å². The molecule has 3 nitrogen and oxygen atoms in total. The number of hydrogen-bond acceptors (Lipinski definition) is 3. The molecule has 0 unspecified atom stereocenters. The van der Waals surface area contributed by atoms with Gasteiger partial charge >= 0.3 is 0 Å². The van der Waals surface area contributed by atoms with E-state index >= 15 is 0 Å². The monoisotopic (exact) mass is 676 g/mol. The summed E-state index contributed by atoms with van der Waals surface area (Å²) in [6.45, 7) is 0. The van der Waals surface area contributed by atoms with Gasteiger partial charge in [-0.1, -0.05) is 152 Å².